The molecule has 2 aliphatic rings. The lowest BCUT2D eigenvalue weighted by Gasteiger charge is -2.44. The Balaban J connectivity index is 1.70. The van der Waals surface area contributed by atoms with Gasteiger partial charge in [0, 0.05) is 30.1 Å². The van der Waals surface area contributed by atoms with E-state index in [0.717, 1.165) is 37.4 Å². The number of nitrogens with zero attached hydrogens (tertiary/aromatic N) is 3. The first-order chi connectivity index (χ1) is 11.5. The SMILES string of the molecule is CCN(C)C1(CNc2cc(C3CC(N)C3)nc(N)n2)CCCCC1. The van der Waals surface area contributed by atoms with E-state index in [0.29, 0.717) is 17.9 Å². The molecular formula is C18H32N6. The summed E-state index contributed by atoms with van der Waals surface area (Å²) < 4.78 is 0. The van der Waals surface area contributed by atoms with Gasteiger partial charge >= 0.3 is 0 Å². The zero-order valence-electron chi connectivity index (χ0n) is 15.1. The van der Waals surface area contributed by atoms with Gasteiger partial charge in [-0.3, -0.25) is 4.90 Å². The third-order valence-electron chi connectivity index (χ3n) is 6.02. The Kier molecular flexibility index (Phi) is 5.25. The van der Waals surface area contributed by atoms with Crippen molar-refractivity contribution < 1.29 is 0 Å². The number of aromatic nitrogens is 2. The number of hydrogen-bond donors (Lipinski definition) is 3. The maximum absolute atomic E-state index is 5.93. The summed E-state index contributed by atoms with van der Waals surface area (Å²) in [6.45, 7) is 4.22. The fourth-order valence-corrected chi connectivity index (χ4v) is 4.18. The number of likely N-dealkylation sites (N-methyl/N-ethyl adjacent to an activating group) is 1. The molecule has 0 aliphatic heterocycles. The van der Waals surface area contributed by atoms with Crippen molar-refractivity contribution in [1.82, 2.24) is 14.9 Å². The van der Waals surface area contributed by atoms with Crippen LogP contribution in [0.1, 0.15) is 63.5 Å². The van der Waals surface area contributed by atoms with Crippen molar-refractivity contribution in [2.75, 3.05) is 31.2 Å². The fourth-order valence-electron chi connectivity index (χ4n) is 4.18. The highest BCUT2D eigenvalue weighted by Crippen LogP contribution is 2.36. The van der Waals surface area contributed by atoms with E-state index in [1.807, 2.05) is 0 Å². The molecule has 134 valence electrons. The Bertz CT molecular complexity index is 548. The van der Waals surface area contributed by atoms with Gasteiger partial charge in [0.2, 0.25) is 5.95 Å². The molecule has 2 aliphatic carbocycles. The van der Waals surface area contributed by atoms with Gasteiger partial charge in [0.1, 0.15) is 5.82 Å². The van der Waals surface area contributed by atoms with Crippen molar-refractivity contribution in [2.24, 2.45) is 5.73 Å². The molecule has 6 nitrogen and oxygen atoms in total. The van der Waals surface area contributed by atoms with Gasteiger partial charge in [-0.2, -0.15) is 4.98 Å². The van der Waals surface area contributed by atoms with Gasteiger partial charge in [-0.25, -0.2) is 4.98 Å². The van der Waals surface area contributed by atoms with E-state index in [2.05, 4.69) is 40.2 Å². The van der Waals surface area contributed by atoms with Crippen LogP contribution < -0.4 is 16.8 Å². The first-order valence-corrected chi connectivity index (χ1v) is 9.37. The second kappa shape index (κ2) is 7.23. The average molecular weight is 332 g/mol. The highest BCUT2D eigenvalue weighted by Gasteiger charge is 2.35. The van der Waals surface area contributed by atoms with Crippen LogP contribution in [0.4, 0.5) is 11.8 Å². The Labute approximate surface area is 145 Å². The largest absolute Gasteiger partial charge is 0.368 e. The van der Waals surface area contributed by atoms with Crippen LogP contribution in [0.3, 0.4) is 0 Å². The van der Waals surface area contributed by atoms with Crippen LogP contribution >= 0.6 is 0 Å². The quantitative estimate of drug-likeness (QED) is 0.740. The van der Waals surface area contributed by atoms with E-state index in [1.54, 1.807) is 0 Å². The molecule has 0 spiro atoms. The van der Waals surface area contributed by atoms with Crippen LogP contribution in [0.5, 0.6) is 0 Å². The molecular weight excluding hydrogens is 300 g/mol. The normalized spacial score (nSPS) is 26.2. The highest BCUT2D eigenvalue weighted by atomic mass is 15.2. The van der Waals surface area contributed by atoms with Crippen LogP contribution in [0.2, 0.25) is 0 Å². The molecule has 1 heterocycles. The predicted octanol–water partition coefficient (Wildman–Crippen LogP) is 2.33. The first kappa shape index (κ1) is 17.4. The monoisotopic (exact) mass is 332 g/mol. The third-order valence-corrected chi connectivity index (χ3v) is 6.02. The van der Waals surface area contributed by atoms with E-state index in [4.69, 9.17) is 11.5 Å². The molecule has 0 unspecified atom stereocenters. The van der Waals surface area contributed by atoms with E-state index < -0.39 is 0 Å². The Morgan fingerprint density at radius 2 is 1.96 bits per heavy atom. The topological polar surface area (TPSA) is 93.1 Å². The minimum Gasteiger partial charge on any atom is -0.368 e. The summed E-state index contributed by atoms with van der Waals surface area (Å²) in [7, 11) is 2.24. The van der Waals surface area contributed by atoms with Gasteiger partial charge in [-0.05, 0) is 39.3 Å². The average Bonchev–Trinajstić information content (AvgIpc) is 2.57. The molecule has 5 N–H and O–H groups in total. The predicted molar refractivity (Wildman–Crippen MR) is 99.0 cm³/mol. The Morgan fingerprint density at radius 3 is 2.58 bits per heavy atom. The van der Waals surface area contributed by atoms with Gasteiger partial charge in [0.15, 0.2) is 0 Å². The van der Waals surface area contributed by atoms with Crippen molar-refractivity contribution in [3.8, 4) is 0 Å². The molecule has 2 saturated carbocycles. The zero-order chi connectivity index (χ0) is 17.2. The van der Waals surface area contributed by atoms with E-state index in [1.165, 1.54) is 32.1 Å². The lowest BCUT2D eigenvalue weighted by Crippen LogP contribution is -2.52. The van der Waals surface area contributed by atoms with Crippen molar-refractivity contribution in [3.63, 3.8) is 0 Å². The molecule has 6 heteroatoms. The summed E-state index contributed by atoms with van der Waals surface area (Å²) in [5.74, 6) is 1.65. The van der Waals surface area contributed by atoms with Crippen LogP contribution in [0.25, 0.3) is 0 Å². The second-order valence-electron chi connectivity index (χ2n) is 7.62. The summed E-state index contributed by atoms with van der Waals surface area (Å²) in [6, 6.07) is 2.38. The number of anilines is 2. The van der Waals surface area contributed by atoms with Crippen molar-refractivity contribution >= 4 is 11.8 Å². The van der Waals surface area contributed by atoms with Gasteiger partial charge in [0.05, 0.1) is 5.69 Å². The molecule has 1 aromatic rings. The third kappa shape index (κ3) is 3.64. The molecule has 0 amide bonds. The van der Waals surface area contributed by atoms with E-state index in [-0.39, 0.29) is 5.54 Å². The standard InChI is InChI=1S/C18H32N6/c1-3-24(2)18(7-5-4-6-8-18)12-21-16-11-15(22-17(20)23-16)13-9-14(19)10-13/h11,13-14H,3-10,12,19H2,1-2H3,(H3,20,21,22,23). The minimum atomic E-state index is 0.228. The Morgan fingerprint density at radius 1 is 1.25 bits per heavy atom. The summed E-state index contributed by atoms with van der Waals surface area (Å²) in [5, 5.41) is 3.56. The van der Waals surface area contributed by atoms with Crippen LogP contribution in [-0.2, 0) is 0 Å². The van der Waals surface area contributed by atoms with Crippen molar-refractivity contribution in [3.05, 3.63) is 11.8 Å². The van der Waals surface area contributed by atoms with E-state index in [9.17, 15) is 0 Å². The number of rotatable bonds is 6. The minimum absolute atomic E-state index is 0.228. The van der Waals surface area contributed by atoms with Crippen LogP contribution in [-0.4, -0.2) is 46.6 Å². The smallest absolute Gasteiger partial charge is 0.222 e. The maximum Gasteiger partial charge on any atom is 0.222 e. The lowest BCUT2D eigenvalue weighted by molar-refractivity contribution is 0.0922. The van der Waals surface area contributed by atoms with Crippen molar-refractivity contribution in [2.45, 2.75) is 69.4 Å². The molecule has 2 fully saturated rings. The van der Waals surface area contributed by atoms with Gasteiger partial charge in [0.25, 0.3) is 0 Å². The van der Waals surface area contributed by atoms with Crippen LogP contribution in [0.15, 0.2) is 6.07 Å². The molecule has 3 rings (SSSR count). The second-order valence-corrected chi connectivity index (χ2v) is 7.62. The van der Waals surface area contributed by atoms with Gasteiger partial charge < -0.3 is 16.8 Å². The van der Waals surface area contributed by atoms with Gasteiger partial charge in [-0.15, -0.1) is 0 Å². The highest BCUT2D eigenvalue weighted by molar-refractivity contribution is 5.42. The lowest BCUT2D eigenvalue weighted by atomic mass is 9.78. The molecule has 0 bridgehead atoms. The first-order valence-electron chi connectivity index (χ1n) is 9.37. The zero-order valence-corrected chi connectivity index (χ0v) is 15.1. The van der Waals surface area contributed by atoms with Gasteiger partial charge in [-0.1, -0.05) is 26.2 Å². The number of nitrogens with one attached hydrogen (secondary N) is 1. The molecule has 0 aromatic carbocycles. The summed E-state index contributed by atoms with van der Waals surface area (Å²) >= 11 is 0. The summed E-state index contributed by atoms with van der Waals surface area (Å²) in [6.07, 6.45) is 8.46. The number of nitrogens with two attached hydrogens (primary N) is 2. The number of hydrogen-bond acceptors (Lipinski definition) is 6. The van der Waals surface area contributed by atoms with E-state index >= 15 is 0 Å². The van der Waals surface area contributed by atoms with Crippen LogP contribution in [0, 0.1) is 0 Å². The summed E-state index contributed by atoms with van der Waals surface area (Å²) in [5.41, 5.74) is 13.1. The molecule has 0 atom stereocenters. The molecule has 24 heavy (non-hydrogen) atoms. The fraction of sp³-hybridized carbons (Fsp3) is 0.778. The molecule has 0 radical (unpaired) electrons. The molecule has 1 aromatic heterocycles. The maximum atomic E-state index is 5.93. The molecule has 0 saturated heterocycles. The Hall–Kier alpha value is -1.40. The number of nitrogen functional groups attached to an aromatic ring is 1. The van der Waals surface area contributed by atoms with Crippen molar-refractivity contribution in [1.29, 1.82) is 0 Å². The summed E-state index contributed by atoms with van der Waals surface area (Å²) in [4.78, 5) is 11.3.